The fraction of sp³-hybridized carbons (Fsp3) is 0.312. The lowest BCUT2D eigenvalue weighted by Crippen LogP contribution is -2.29. The average molecular weight is 279 g/mol. The fourth-order valence-electron chi connectivity index (χ4n) is 3.06. The first kappa shape index (κ1) is 12.5. The third-order valence-electron chi connectivity index (χ3n) is 4.14. The monoisotopic (exact) mass is 279 g/mol. The van der Waals surface area contributed by atoms with Gasteiger partial charge in [0.15, 0.2) is 5.65 Å². The molecule has 1 unspecified atom stereocenters. The van der Waals surface area contributed by atoms with Gasteiger partial charge < -0.3 is 5.32 Å². The van der Waals surface area contributed by atoms with Gasteiger partial charge >= 0.3 is 0 Å². The first-order valence-electron chi connectivity index (χ1n) is 7.37. The maximum absolute atomic E-state index is 4.58. The van der Waals surface area contributed by atoms with Crippen LogP contribution in [0, 0.1) is 0 Å². The van der Waals surface area contributed by atoms with Crippen molar-refractivity contribution in [2.45, 2.75) is 18.8 Å². The van der Waals surface area contributed by atoms with Crippen LogP contribution in [0.5, 0.6) is 0 Å². The zero-order valence-electron chi connectivity index (χ0n) is 11.7. The predicted octanol–water partition coefficient (Wildman–Crippen LogP) is 2.26. The maximum atomic E-state index is 4.58. The first-order valence-corrected chi connectivity index (χ1v) is 7.37. The molecule has 1 atom stereocenters. The number of piperidine rings is 1. The van der Waals surface area contributed by atoms with Gasteiger partial charge in [-0.15, -0.1) is 0 Å². The van der Waals surface area contributed by atoms with E-state index in [-0.39, 0.29) is 0 Å². The molecule has 4 heterocycles. The molecule has 0 amide bonds. The Hall–Kier alpha value is -2.27. The van der Waals surface area contributed by atoms with E-state index in [0.717, 1.165) is 29.9 Å². The van der Waals surface area contributed by atoms with Crippen LogP contribution in [0.2, 0.25) is 0 Å². The van der Waals surface area contributed by atoms with Crippen LogP contribution in [-0.4, -0.2) is 32.7 Å². The molecule has 21 heavy (non-hydrogen) atoms. The second-order valence-electron chi connectivity index (χ2n) is 5.44. The zero-order valence-corrected chi connectivity index (χ0v) is 11.7. The second kappa shape index (κ2) is 5.26. The zero-order chi connectivity index (χ0) is 14.1. The summed E-state index contributed by atoms with van der Waals surface area (Å²) in [5, 5.41) is 8.04. The van der Waals surface area contributed by atoms with E-state index in [0.29, 0.717) is 5.92 Å². The number of nitrogens with one attached hydrogen (secondary N) is 1. The molecule has 106 valence electrons. The molecule has 0 aliphatic carbocycles. The van der Waals surface area contributed by atoms with Gasteiger partial charge in [0.2, 0.25) is 0 Å². The van der Waals surface area contributed by atoms with E-state index in [1.807, 2.05) is 29.0 Å². The highest BCUT2D eigenvalue weighted by molar-refractivity contribution is 5.76. The van der Waals surface area contributed by atoms with Crippen molar-refractivity contribution >= 4 is 5.65 Å². The van der Waals surface area contributed by atoms with Gasteiger partial charge in [0.1, 0.15) is 0 Å². The molecule has 5 nitrogen and oxygen atoms in total. The molecule has 0 bridgehead atoms. The number of fused-ring (bicyclic) bond motifs is 1. The summed E-state index contributed by atoms with van der Waals surface area (Å²) in [5.74, 6) is 0.509. The molecule has 1 saturated heterocycles. The van der Waals surface area contributed by atoms with E-state index in [2.05, 4.69) is 26.4 Å². The Balaban J connectivity index is 1.83. The summed E-state index contributed by atoms with van der Waals surface area (Å²) in [7, 11) is 0. The Bertz CT molecular complexity index is 744. The lowest BCUT2D eigenvalue weighted by atomic mass is 9.96. The van der Waals surface area contributed by atoms with Crippen molar-refractivity contribution in [1.29, 1.82) is 0 Å². The van der Waals surface area contributed by atoms with Crippen molar-refractivity contribution < 1.29 is 0 Å². The van der Waals surface area contributed by atoms with Crippen molar-refractivity contribution in [3.8, 4) is 11.1 Å². The van der Waals surface area contributed by atoms with Crippen molar-refractivity contribution in [1.82, 2.24) is 24.9 Å². The Labute approximate surface area is 123 Å². The van der Waals surface area contributed by atoms with Crippen LogP contribution in [0.1, 0.15) is 24.5 Å². The standard InChI is InChI=1S/C16H17N5/c1-2-13(10-18-6-1)15-5-9-19-16-14(11-20-21(15)16)12-3-7-17-8-4-12/h3-5,7-9,11,13,18H,1-2,6,10H2. The third kappa shape index (κ3) is 2.19. The Kier molecular flexibility index (Phi) is 3.12. The molecule has 0 aromatic carbocycles. The van der Waals surface area contributed by atoms with E-state index in [1.54, 1.807) is 12.4 Å². The molecule has 0 spiro atoms. The summed E-state index contributed by atoms with van der Waals surface area (Å²) in [6, 6.07) is 6.08. The highest BCUT2D eigenvalue weighted by Gasteiger charge is 2.19. The lowest BCUT2D eigenvalue weighted by Gasteiger charge is -2.23. The van der Waals surface area contributed by atoms with Crippen molar-refractivity contribution in [2.24, 2.45) is 0 Å². The molecule has 1 aliphatic heterocycles. The number of rotatable bonds is 2. The molecule has 1 N–H and O–H groups in total. The van der Waals surface area contributed by atoms with Gasteiger partial charge in [-0.3, -0.25) is 4.98 Å². The molecule has 1 aliphatic rings. The predicted molar refractivity (Wildman–Crippen MR) is 81.1 cm³/mol. The molecule has 3 aromatic rings. The smallest absolute Gasteiger partial charge is 0.163 e. The van der Waals surface area contributed by atoms with Gasteiger partial charge in [0, 0.05) is 36.6 Å². The molecule has 1 fully saturated rings. The average Bonchev–Trinajstić information content (AvgIpc) is 3.00. The number of hydrogen-bond acceptors (Lipinski definition) is 4. The molecular weight excluding hydrogens is 262 g/mol. The summed E-state index contributed by atoms with van der Waals surface area (Å²) in [6.45, 7) is 2.13. The van der Waals surface area contributed by atoms with E-state index in [4.69, 9.17) is 0 Å². The van der Waals surface area contributed by atoms with Crippen molar-refractivity contribution in [3.05, 3.63) is 48.7 Å². The van der Waals surface area contributed by atoms with Crippen molar-refractivity contribution in [3.63, 3.8) is 0 Å². The van der Waals surface area contributed by atoms with E-state index in [9.17, 15) is 0 Å². The molecule has 0 radical (unpaired) electrons. The van der Waals surface area contributed by atoms with Crippen LogP contribution in [0.4, 0.5) is 0 Å². The van der Waals surface area contributed by atoms with Gasteiger partial charge in [-0.1, -0.05) is 0 Å². The van der Waals surface area contributed by atoms with Gasteiger partial charge in [0.25, 0.3) is 0 Å². The molecule has 3 aromatic heterocycles. The van der Waals surface area contributed by atoms with Crippen LogP contribution >= 0.6 is 0 Å². The Morgan fingerprint density at radius 1 is 1.14 bits per heavy atom. The second-order valence-corrected chi connectivity index (χ2v) is 5.44. The largest absolute Gasteiger partial charge is 0.316 e. The third-order valence-corrected chi connectivity index (χ3v) is 4.14. The number of nitrogens with zero attached hydrogens (tertiary/aromatic N) is 4. The van der Waals surface area contributed by atoms with Crippen LogP contribution < -0.4 is 5.32 Å². The highest BCUT2D eigenvalue weighted by atomic mass is 15.3. The van der Waals surface area contributed by atoms with Crippen LogP contribution in [-0.2, 0) is 0 Å². The van der Waals surface area contributed by atoms with E-state index in [1.165, 1.54) is 18.5 Å². The number of pyridine rings is 1. The SMILES string of the molecule is c1cc(-c2cnn3c(C4CCCNC4)ccnc23)ccn1. The summed E-state index contributed by atoms with van der Waals surface area (Å²) < 4.78 is 1.99. The van der Waals surface area contributed by atoms with E-state index < -0.39 is 0 Å². The molecule has 5 heteroatoms. The molecule has 0 saturated carbocycles. The number of aromatic nitrogens is 4. The molecule has 4 rings (SSSR count). The molecular formula is C16H17N5. The Morgan fingerprint density at radius 3 is 2.86 bits per heavy atom. The fourth-order valence-corrected chi connectivity index (χ4v) is 3.06. The maximum Gasteiger partial charge on any atom is 0.163 e. The topological polar surface area (TPSA) is 55.1 Å². The summed E-state index contributed by atoms with van der Waals surface area (Å²) >= 11 is 0. The quantitative estimate of drug-likeness (QED) is 0.782. The van der Waals surface area contributed by atoms with Crippen LogP contribution in [0.25, 0.3) is 16.8 Å². The van der Waals surface area contributed by atoms with E-state index >= 15 is 0 Å². The normalized spacial score (nSPS) is 19.0. The highest BCUT2D eigenvalue weighted by Crippen LogP contribution is 2.27. The Morgan fingerprint density at radius 2 is 2.05 bits per heavy atom. The van der Waals surface area contributed by atoms with Gasteiger partial charge in [-0.05, 0) is 43.1 Å². The summed E-state index contributed by atoms with van der Waals surface area (Å²) in [6.07, 6.45) is 9.81. The minimum absolute atomic E-state index is 0.509. The van der Waals surface area contributed by atoms with Gasteiger partial charge in [-0.2, -0.15) is 5.10 Å². The van der Waals surface area contributed by atoms with Crippen LogP contribution in [0.3, 0.4) is 0 Å². The first-order chi connectivity index (χ1) is 10.4. The van der Waals surface area contributed by atoms with Crippen molar-refractivity contribution in [2.75, 3.05) is 13.1 Å². The minimum Gasteiger partial charge on any atom is -0.316 e. The number of hydrogen-bond donors (Lipinski definition) is 1. The van der Waals surface area contributed by atoms with Gasteiger partial charge in [0.05, 0.1) is 11.9 Å². The lowest BCUT2D eigenvalue weighted by molar-refractivity contribution is 0.448. The minimum atomic E-state index is 0.509. The summed E-state index contributed by atoms with van der Waals surface area (Å²) in [4.78, 5) is 8.60. The van der Waals surface area contributed by atoms with Gasteiger partial charge in [-0.25, -0.2) is 9.50 Å². The summed E-state index contributed by atoms with van der Waals surface area (Å²) in [5.41, 5.74) is 4.33. The van der Waals surface area contributed by atoms with Crippen LogP contribution in [0.15, 0.2) is 43.0 Å².